The maximum Gasteiger partial charge on any atom is 0.220 e. The summed E-state index contributed by atoms with van der Waals surface area (Å²) < 4.78 is 13.5. The molecule has 1 heterocycles. The smallest absolute Gasteiger partial charge is 0.220 e. The van der Waals surface area contributed by atoms with Gasteiger partial charge in [-0.05, 0) is 43.9 Å². The molecule has 0 spiro atoms. The molecule has 0 bridgehead atoms. The Morgan fingerprint density at radius 3 is 2.71 bits per heavy atom. The zero-order valence-corrected chi connectivity index (χ0v) is 12.8. The van der Waals surface area contributed by atoms with Gasteiger partial charge in [0.25, 0.3) is 0 Å². The SMILES string of the molecule is CCCN1CCC(NC(=O)CCc2ccccc2F)CC1. The first-order valence-corrected chi connectivity index (χ1v) is 7.94. The third-order valence-electron chi connectivity index (χ3n) is 4.07. The van der Waals surface area contributed by atoms with E-state index < -0.39 is 0 Å². The molecule has 1 aromatic carbocycles. The summed E-state index contributed by atoms with van der Waals surface area (Å²) in [4.78, 5) is 14.4. The van der Waals surface area contributed by atoms with Gasteiger partial charge >= 0.3 is 0 Å². The second-order valence-electron chi connectivity index (χ2n) is 5.77. The molecule has 0 radical (unpaired) electrons. The Morgan fingerprint density at radius 1 is 1.33 bits per heavy atom. The van der Waals surface area contributed by atoms with Gasteiger partial charge in [-0.1, -0.05) is 25.1 Å². The average molecular weight is 292 g/mol. The first kappa shape index (κ1) is 16.0. The standard InChI is InChI=1S/C17H25FN2O/c1-2-11-20-12-9-15(10-13-20)19-17(21)8-7-14-5-3-4-6-16(14)18/h3-6,15H,2,7-13H2,1H3,(H,19,21). The van der Waals surface area contributed by atoms with Gasteiger partial charge in [-0.3, -0.25) is 4.79 Å². The molecule has 2 rings (SSSR count). The summed E-state index contributed by atoms with van der Waals surface area (Å²) in [5.41, 5.74) is 0.616. The zero-order chi connectivity index (χ0) is 15.1. The lowest BCUT2D eigenvalue weighted by atomic mass is 10.0. The summed E-state index contributed by atoms with van der Waals surface area (Å²) in [7, 11) is 0. The Labute approximate surface area is 126 Å². The maximum atomic E-state index is 13.5. The van der Waals surface area contributed by atoms with E-state index in [4.69, 9.17) is 0 Å². The molecule has 21 heavy (non-hydrogen) atoms. The van der Waals surface area contributed by atoms with E-state index in [0.717, 1.165) is 32.5 Å². The number of benzene rings is 1. The van der Waals surface area contributed by atoms with Crippen LogP contribution in [0.25, 0.3) is 0 Å². The maximum absolute atomic E-state index is 13.5. The average Bonchev–Trinajstić information content (AvgIpc) is 2.49. The molecular formula is C17H25FN2O. The fourth-order valence-electron chi connectivity index (χ4n) is 2.87. The third kappa shape index (κ3) is 5.12. The van der Waals surface area contributed by atoms with Crippen LogP contribution in [0.5, 0.6) is 0 Å². The van der Waals surface area contributed by atoms with E-state index in [1.54, 1.807) is 18.2 Å². The van der Waals surface area contributed by atoms with Crippen molar-refractivity contribution in [1.29, 1.82) is 0 Å². The summed E-state index contributed by atoms with van der Waals surface area (Å²) in [5, 5.41) is 3.08. The Hall–Kier alpha value is -1.42. The molecule has 1 amide bonds. The second-order valence-corrected chi connectivity index (χ2v) is 5.77. The van der Waals surface area contributed by atoms with Gasteiger partial charge in [0, 0.05) is 25.6 Å². The molecule has 1 aliphatic heterocycles. The number of carbonyl (C=O) groups excluding carboxylic acids is 1. The minimum absolute atomic E-state index is 0.0344. The quantitative estimate of drug-likeness (QED) is 0.874. The lowest BCUT2D eigenvalue weighted by Gasteiger charge is -2.32. The van der Waals surface area contributed by atoms with Crippen LogP contribution < -0.4 is 5.32 Å². The van der Waals surface area contributed by atoms with E-state index in [-0.39, 0.29) is 17.8 Å². The van der Waals surface area contributed by atoms with E-state index in [9.17, 15) is 9.18 Å². The molecule has 1 fully saturated rings. The number of nitrogens with zero attached hydrogens (tertiary/aromatic N) is 1. The highest BCUT2D eigenvalue weighted by atomic mass is 19.1. The number of amides is 1. The molecule has 1 N–H and O–H groups in total. The molecule has 116 valence electrons. The lowest BCUT2D eigenvalue weighted by molar-refractivity contribution is -0.122. The summed E-state index contributed by atoms with van der Waals surface area (Å²) >= 11 is 0. The number of aryl methyl sites for hydroxylation is 1. The van der Waals surface area contributed by atoms with Crippen LogP contribution in [0, 0.1) is 5.82 Å². The fraction of sp³-hybridized carbons (Fsp3) is 0.588. The Bertz CT molecular complexity index is 456. The molecule has 1 aliphatic rings. The lowest BCUT2D eigenvalue weighted by Crippen LogP contribution is -2.44. The highest BCUT2D eigenvalue weighted by molar-refractivity contribution is 5.76. The Balaban J connectivity index is 1.70. The first-order chi connectivity index (χ1) is 10.2. The fourth-order valence-corrected chi connectivity index (χ4v) is 2.87. The van der Waals surface area contributed by atoms with Crippen LogP contribution in [-0.4, -0.2) is 36.5 Å². The zero-order valence-electron chi connectivity index (χ0n) is 12.8. The van der Waals surface area contributed by atoms with Crippen LogP contribution in [0.1, 0.15) is 38.2 Å². The number of halogens is 1. The summed E-state index contributed by atoms with van der Waals surface area (Å²) in [5.74, 6) is -0.189. The van der Waals surface area contributed by atoms with Gasteiger partial charge in [-0.15, -0.1) is 0 Å². The van der Waals surface area contributed by atoms with Gasteiger partial charge < -0.3 is 10.2 Å². The molecule has 0 saturated carbocycles. The minimum atomic E-state index is -0.224. The van der Waals surface area contributed by atoms with Crippen molar-refractivity contribution >= 4 is 5.91 Å². The molecular weight excluding hydrogens is 267 g/mol. The van der Waals surface area contributed by atoms with E-state index in [2.05, 4.69) is 17.1 Å². The van der Waals surface area contributed by atoms with Crippen molar-refractivity contribution < 1.29 is 9.18 Å². The number of hydrogen-bond donors (Lipinski definition) is 1. The Kier molecular flexibility index (Phi) is 6.18. The van der Waals surface area contributed by atoms with Crippen LogP contribution >= 0.6 is 0 Å². The molecule has 4 heteroatoms. The second kappa shape index (κ2) is 8.13. The van der Waals surface area contributed by atoms with Gasteiger partial charge in [0.15, 0.2) is 0 Å². The molecule has 0 aromatic heterocycles. The number of rotatable bonds is 6. The van der Waals surface area contributed by atoms with Gasteiger partial charge in [0.2, 0.25) is 5.91 Å². The molecule has 3 nitrogen and oxygen atoms in total. The molecule has 0 atom stereocenters. The van der Waals surface area contributed by atoms with Crippen molar-refractivity contribution in [3.05, 3.63) is 35.6 Å². The van der Waals surface area contributed by atoms with Gasteiger partial charge in [0.05, 0.1) is 0 Å². The van der Waals surface area contributed by atoms with E-state index in [1.165, 1.54) is 12.5 Å². The predicted molar refractivity (Wildman–Crippen MR) is 82.6 cm³/mol. The minimum Gasteiger partial charge on any atom is -0.353 e. The molecule has 0 unspecified atom stereocenters. The van der Waals surface area contributed by atoms with Crippen molar-refractivity contribution in [2.45, 2.75) is 45.1 Å². The summed E-state index contributed by atoms with van der Waals surface area (Å²) in [6, 6.07) is 6.94. The molecule has 1 aromatic rings. The van der Waals surface area contributed by atoms with Gasteiger partial charge in [-0.25, -0.2) is 4.39 Å². The number of piperidine rings is 1. The number of hydrogen-bond acceptors (Lipinski definition) is 2. The summed E-state index contributed by atoms with van der Waals surface area (Å²) in [6.07, 6.45) is 4.04. The number of carbonyl (C=O) groups is 1. The van der Waals surface area contributed by atoms with Crippen molar-refractivity contribution in [3.63, 3.8) is 0 Å². The highest BCUT2D eigenvalue weighted by Gasteiger charge is 2.19. The van der Waals surface area contributed by atoms with Gasteiger partial charge in [0.1, 0.15) is 5.82 Å². The normalized spacial score (nSPS) is 16.9. The topological polar surface area (TPSA) is 32.3 Å². The van der Waals surface area contributed by atoms with Crippen LogP contribution in [0.4, 0.5) is 4.39 Å². The first-order valence-electron chi connectivity index (χ1n) is 7.94. The predicted octanol–water partition coefficient (Wildman–Crippen LogP) is 2.75. The Morgan fingerprint density at radius 2 is 2.05 bits per heavy atom. The number of likely N-dealkylation sites (tertiary alicyclic amines) is 1. The van der Waals surface area contributed by atoms with E-state index in [0.29, 0.717) is 18.4 Å². The number of nitrogens with one attached hydrogen (secondary N) is 1. The van der Waals surface area contributed by atoms with Gasteiger partial charge in [-0.2, -0.15) is 0 Å². The summed E-state index contributed by atoms with van der Waals surface area (Å²) in [6.45, 7) is 5.46. The third-order valence-corrected chi connectivity index (χ3v) is 4.07. The van der Waals surface area contributed by atoms with Crippen LogP contribution in [0.15, 0.2) is 24.3 Å². The monoisotopic (exact) mass is 292 g/mol. The van der Waals surface area contributed by atoms with E-state index in [1.807, 2.05) is 0 Å². The van der Waals surface area contributed by atoms with Crippen LogP contribution in [-0.2, 0) is 11.2 Å². The highest BCUT2D eigenvalue weighted by Crippen LogP contribution is 2.12. The largest absolute Gasteiger partial charge is 0.353 e. The van der Waals surface area contributed by atoms with Crippen molar-refractivity contribution in [1.82, 2.24) is 10.2 Å². The van der Waals surface area contributed by atoms with Crippen molar-refractivity contribution in [2.75, 3.05) is 19.6 Å². The molecule has 1 saturated heterocycles. The van der Waals surface area contributed by atoms with Crippen molar-refractivity contribution in [2.24, 2.45) is 0 Å². The van der Waals surface area contributed by atoms with Crippen LogP contribution in [0.3, 0.4) is 0 Å². The van der Waals surface area contributed by atoms with Crippen molar-refractivity contribution in [3.8, 4) is 0 Å². The van der Waals surface area contributed by atoms with Crippen LogP contribution in [0.2, 0.25) is 0 Å². The molecule has 0 aliphatic carbocycles. The van der Waals surface area contributed by atoms with E-state index >= 15 is 0 Å².